The first-order valence-corrected chi connectivity index (χ1v) is 8.59. The van der Waals surface area contributed by atoms with Crippen LogP contribution < -0.4 is 9.47 Å². The number of likely N-dealkylation sites (tertiary alicyclic amines) is 1. The molecule has 0 saturated carbocycles. The third-order valence-electron chi connectivity index (χ3n) is 4.08. The lowest BCUT2D eigenvalue weighted by Crippen LogP contribution is -2.39. The molecule has 2 rings (SSSR count). The van der Waals surface area contributed by atoms with Gasteiger partial charge < -0.3 is 14.2 Å². The molecule has 1 heterocycles. The van der Waals surface area contributed by atoms with Crippen LogP contribution in [0.3, 0.4) is 0 Å². The highest BCUT2D eigenvalue weighted by molar-refractivity contribution is 5.85. The van der Waals surface area contributed by atoms with Crippen molar-refractivity contribution in [1.29, 1.82) is 0 Å². The summed E-state index contributed by atoms with van der Waals surface area (Å²) in [6, 6.07) is 7.65. The maximum atomic E-state index is 11.7. The van der Waals surface area contributed by atoms with E-state index in [1.807, 2.05) is 31.2 Å². The molecular formula is C19H28ClNO4. The van der Waals surface area contributed by atoms with Crippen LogP contribution in [0, 0.1) is 5.92 Å². The van der Waals surface area contributed by atoms with Crippen LogP contribution in [0.2, 0.25) is 0 Å². The number of para-hydroxylation sites is 2. The zero-order chi connectivity index (χ0) is 17.2. The molecule has 0 amide bonds. The second kappa shape index (κ2) is 11.8. The quantitative estimate of drug-likeness (QED) is 0.493. The Morgan fingerprint density at radius 2 is 1.88 bits per heavy atom. The lowest BCUT2D eigenvalue weighted by molar-refractivity contribution is -0.149. The van der Waals surface area contributed by atoms with Gasteiger partial charge in [-0.25, -0.2) is 0 Å². The normalized spacial score (nSPS) is 15.1. The summed E-state index contributed by atoms with van der Waals surface area (Å²) in [5, 5.41) is 0. The zero-order valence-corrected chi connectivity index (χ0v) is 15.6. The maximum Gasteiger partial charge on any atom is 0.309 e. The minimum atomic E-state index is -0.0540. The minimum absolute atomic E-state index is 0. The van der Waals surface area contributed by atoms with Crippen molar-refractivity contribution in [2.75, 3.05) is 39.5 Å². The molecule has 0 atom stereocenters. The fourth-order valence-electron chi connectivity index (χ4n) is 2.77. The van der Waals surface area contributed by atoms with Crippen molar-refractivity contribution in [2.45, 2.75) is 19.8 Å². The first kappa shape index (κ1) is 21.3. The molecule has 1 aromatic rings. The molecule has 0 aromatic heterocycles. The summed E-state index contributed by atoms with van der Waals surface area (Å²) in [5.41, 5.74) is 0. The second-order valence-corrected chi connectivity index (χ2v) is 5.76. The van der Waals surface area contributed by atoms with E-state index in [-0.39, 0.29) is 24.3 Å². The van der Waals surface area contributed by atoms with Crippen LogP contribution in [0.1, 0.15) is 19.8 Å². The number of carbonyl (C=O) groups is 1. The minimum Gasteiger partial charge on any atom is -0.488 e. The topological polar surface area (TPSA) is 48.0 Å². The summed E-state index contributed by atoms with van der Waals surface area (Å²) < 4.78 is 16.5. The molecule has 0 N–H and O–H groups in total. The molecule has 0 spiro atoms. The van der Waals surface area contributed by atoms with Crippen molar-refractivity contribution in [1.82, 2.24) is 4.90 Å². The standard InChI is InChI=1S/C19H27NO4.ClH/c1-3-14-23-17-7-5-6-8-18(17)24-15-13-20-11-9-16(10-12-20)19(21)22-4-2;/h3,5-8,16H,1,4,9-15H2,2H3;1H. The molecule has 0 unspecified atom stereocenters. The SMILES string of the molecule is C=CCOc1ccccc1OCCN1CCC(C(=O)OCC)CC1.Cl. The second-order valence-electron chi connectivity index (χ2n) is 5.76. The fraction of sp³-hybridized carbons (Fsp3) is 0.526. The summed E-state index contributed by atoms with van der Waals surface area (Å²) in [4.78, 5) is 14.1. The van der Waals surface area contributed by atoms with Gasteiger partial charge in [0.05, 0.1) is 12.5 Å². The van der Waals surface area contributed by atoms with E-state index in [9.17, 15) is 4.79 Å². The number of hydrogen-bond acceptors (Lipinski definition) is 5. The Morgan fingerprint density at radius 1 is 1.24 bits per heavy atom. The van der Waals surface area contributed by atoms with Crippen LogP contribution in [-0.2, 0) is 9.53 Å². The first-order chi connectivity index (χ1) is 11.7. The smallest absolute Gasteiger partial charge is 0.309 e. The predicted molar refractivity (Wildman–Crippen MR) is 101 cm³/mol. The molecule has 5 nitrogen and oxygen atoms in total. The molecule has 0 radical (unpaired) electrons. The third kappa shape index (κ3) is 6.96. The first-order valence-electron chi connectivity index (χ1n) is 8.59. The van der Waals surface area contributed by atoms with Crippen molar-refractivity contribution < 1.29 is 19.0 Å². The molecular weight excluding hydrogens is 342 g/mol. The molecule has 6 heteroatoms. The van der Waals surface area contributed by atoms with E-state index >= 15 is 0 Å². The van der Waals surface area contributed by atoms with E-state index in [1.54, 1.807) is 6.08 Å². The average molecular weight is 370 g/mol. The van der Waals surface area contributed by atoms with E-state index in [2.05, 4.69) is 11.5 Å². The Balaban J connectivity index is 0.00000312. The van der Waals surface area contributed by atoms with Crippen LogP contribution in [0.5, 0.6) is 11.5 Å². The van der Waals surface area contributed by atoms with E-state index in [0.29, 0.717) is 19.8 Å². The third-order valence-corrected chi connectivity index (χ3v) is 4.08. The monoisotopic (exact) mass is 369 g/mol. The lowest BCUT2D eigenvalue weighted by Gasteiger charge is -2.30. The van der Waals surface area contributed by atoms with Crippen molar-refractivity contribution in [2.24, 2.45) is 5.92 Å². The van der Waals surface area contributed by atoms with Crippen LogP contribution in [0.4, 0.5) is 0 Å². The number of piperidine rings is 1. The Bertz CT molecular complexity index is 530. The molecule has 0 bridgehead atoms. The maximum absolute atomic E-state index is 11.7. The molecule has 1 aliphatic heterocycles. The van der Waals surface area contributed by atoms with Crippen LogP contribution in [0.25, 0.3) is 0 Å². The number of rotatable bonds is 9. The number of halogens is 1. The molecule has 1 aromatic carbocycles. The van der Waals surface area contributed by atoms with E-state index in [0.717, 1.165) is 44.0 Å². The fourth-order valence-corrected chi connectivity index (χ4v) is 2.77. The number of carbonyl (C=O) groups excluding carboxylic acids is 1. The Hall–Kier alpha value is -1.72. The highest BCUT2D eigenvalue weighted by Crippen LogP contribution is 2.26. The number of esters is 1. The van der Waals surface area contributed by atoms with Crippen molar-refractivity contribution in [3.05, 3.63) is 36.9 Å². The van der Waals surface area contributed by atoms with Gasteiger partial charge in [0.2, 0.25) is 0 Å². The van der Waals surface area contributed by atoms with Gasteiger partial charge in [0.25, 0.3) is 0 Å². The molecule has 1 aliphatic rings. The number of hydrogen-bond donors (Lipinski definition) is 0. The van der Waals surface area contributed by atoms with Gasteiger partial charge >= 0.3 is 5.97 Å². The van der Waals surface area contributed by atoms with Crippen LogP contribution >= 0.6 is 12.4 Å². The van der Waals surface area contributed by atoms with E-state index < -0.39 is 0 Å². The van der Waals surface area contributed by atoms with Crippen LogP contribution in [-0.4, -0.2) is 50.3 Å². The van der Waals surface area contributed by atoms with Crippen molar-refractivity contribution in [3.8, 4) is 11.5 Å². The van der Waals surface area contributed by atoms with Gasteiger partial charge in [0, 0.05) is 6.54 Å². The summed E-state index contributed by atoms with van der Waals surface area (Å²) >= 11 is 0. The van der Waals surface area contributed by atoms with Crippen LogP contribution in [0.15, 0.2) is 36.9 Å². The summed E-state index contributed by atoms with van der Waals surface area (Å²) in [7, 11) is 0. The van der Waals surface area contributed by atoms with Gasteiger partial charge in [0.15, 0.2) is 11.5 Å². The van der Waals surface area contributed by atoms with Gasteiger partial charge in [-0.05, 0) is 45.0 Å². The van der Waals surface area contributed by atoms with Gasteiger partial charge in [-0.1, -0.05) is 24.8 Å². The predicted octanol–water partition coefficient (Wildman–Crippen LogP) is 3.33. The summed E-state index contributed by atoms with van der Waals surface area (Å²) in [6.07, 6.45) is 3.43. The van der Waals surface area contributed by atoms with Gasteiger partial charge in [-0.3, -0.25) is 9.69 Å². The zero-order valence-electron chi connectivity index (χ0n) is 14.8. The molecule has 1 fully saturated rings. The molecule has 0 aliphatic carbocycles. The van der Waals surface area contributed by atoms with Crippen molar-refractivity contribution in [3.63, 3.8) is 0 Å². The summed E-state index contributed by atoms with van der Waals surface area (Å²) in [5.74, 6) is 1.48. The highest BCUT2D eigenvalue weighted by Gasteiger charge is 2.25. The molecule has 25 heavy (non-hydrogen) atoms. The number of ether oxygens (including phenoxy) is 3. The average Bonchev–Trinajstić information content (AvgIpc) is 2.61. The Labute approximate surface area is 156 Å². The van der Waals surface area contributed by atoms with Gasteiger partial charge in [-0.15, -0.1) is 12.4 Å². The largest absolute Gasteiger partial charge is 0.488 e. The Morgan fingerprint density at radius 3 is 2.48 bits per heavy atom. The Kier molecular flexibility index (Phi) is 10.0. The lowest BCUT2D eigenvalue weighted by atomic mass is 9.97. The van der Waals surface area contributed by atoms with E-state index in [4.69, 9.17) is 14.2 Å². The van der Waals surface area contributed by atoms with E-state index in [1.165, 1.54) is 0 Å². The molecule has 1 saturated heterocycles. The highest BCUT2D eigenvalue weighted by atomic mass is 35.5. The number of benzene rings is 1. The molecule has 140 valence electrons. The van der Waals surface area contributed by atoms with Crippen molar-refractivity contribution >= 4 is 18.4 Å². The van der Waals surface area contributed by atoms with Gasteiger partial charge in [0.1, 0.15) is 13.2 Å². The number of nitrogens with zero attached hydrogens (tertiary/aromatic N) is 1. The summed E-state index contributed by atoms with van der Waals surface area (Å²) in [6.45, 7) is 9.66. The van der Waals surface area contributed by atoms with Gasteiger partial charge in [-0.2, -0.15) is 0 Å².